The molecule has 3 rings (SSSR count). The second kappa shape index (κ2) is 7.38. The number of amides is 2. The van der Waals surface area contributed by atoms with Crippen molar-refractivity contribution in [3.05, 3.63) is 42.2 Å². The minimum atomic E-state index is -0.556. The lowest BCUT2D eigenvalue weighted by Gasteiger charge is -2.23. The minimum Gasteiger partial charge on any atom is -0.444 e. The SMILES string of the molecule is C[C@@H]1C[C@@H](NC(=O)OC(C)(C)C)CN1C(=O)c1ccccc1-n1nccn1. The highest BCUT2D eigenvalue weighted by Gasteiger charge is 2.35. The second-order valence-electron chi connectivity index (χ2n) is 7.72. The molecule has 1 fully saturated rings. The van der Waals surface area contributed by atoms with Gasteiger partial charge >= 0.3 is 6.09 Å². The molecular weight excluding hydrogens is 346 g/mol. The van der Waals surface area contributed by atoms with Gasteiger partial charge in [0.05, 0.1) is 29.7 Å². The van der Waals surface area contributed by atoms with Crippen LogP contribution >= 0.6 is 0 Å². The maximum atomic E-state index is 13.1. The molecule has 8 nitrogen and oxygen atoms in total. The first-order valence-corrected chi connectivity index (χ1v) is 9.01. The second-order valence-corrected chi connectivity index (χ2v) is 7.72. The third-order valence-corrected chi connectivity index (χ3v) is 4.33. The zero-order valence-corrected chi connectivity index (χ0v) is 16.0. The van der Waals surface area contributed by atoms with E-state index in [1.165, 1.54) is 4.80 Å². The lowest BCUT2D eigenvalue weighted by atomic mass is 10.1. The Morgan fingerprint density at radius 3 is 2.52 bits per heavy atom. The van der Waals surface area contributed by atoms with E-state index in [4.69, 9.17) is 4.74 Å². The number of aromatic nitrogens is 3. The summed E-state index contributed by atoms with van der Waals surface area (Å²) in [5.74, 6) is -0.108. The van der Waals surface area contributed by atoms with E-state index in [1.807, 2.05) is 45.9 Å². The fourth-order valence-electron chi connectivity index (χ4n) is 3.22. The van der Waals surface area contributed by atoms with Crippen molar-refractivity contribution < 1.29 is 14.3 Å². The van der Waals surface area contributed by atoms with E-state index in [2.05, 4.69) is 15.5 Å². The molecule has 0 aliphatic carbocycles. The molecular formula is C19H25N5O3. The molecule has 2 aromatic rings. The van der Waals surface area contributed by atoms with Crippen molar-refractivity contribution in [1.82, 2.24) is 25.2 Å². The van der Waals surface area contributed by atoms with Crippen molar-refractivity contribution in [2.75, 3.05) is 6.54 Å². The van der Waals surface area contributed by atoms with Crippen LogP contribution in [0.3, 0.4) is 0 Å². The molecule has 2 amide bonds. The molecule has 0 bridgehead atoms. The van der Waals surface area contributed by atoms with Crippen LogP contribution in [0.2, 0.25) is 0 Å². The van der Waals surface area contributed by atoms with Crippen LogP contribution in [0.25, 0.3) is 5.69 Å². The summed E-state index contributed by atoms with van der Waals surface area (Å²) in [4.78, 5) is 28.4. The maximum Gasteiger partial charge on any atom is 0.407 e. The Morgan fingerprint density at radius 2 is 1.85 bits per heavy atom. The average Bonchev–Trinajstić information content (AvgIpc) is 3.22. The number of benzene rings is 1. The molecule has 0 radical (unpaired) electrons. The summed E-state index contributed by atoms with van der Waals surface area (Å²) in [6.07, 6.45) is 3.35. The summed E-state index contributed by atoms with van der Waals surface area (Å²) in [5.41, 5.74) is 0.598. The fourth-order valence-corrected chi connectivity index (χ4v) is 3.22. The fraction of sp³-hybridized carbons (Fsp3) is 0.474. The van der Waals surface area contributed by atoms with Crippen molar-refractivity contribution >= 4 is 12.0 Å². The number of rotatable bonds is 3. The first kappa shape index (κ1) is 18.9. The van der Waals surface area contributed by atoms with Gasteiger partial charge in [-0.3, -0.25) is 4.79 Å². The molecule has 1 aliphatic rings. The Balaban J connectivity index is 1.72. The van der Waals surface area contributed by atoms with Gasteiger partial charge in [-0.1, -0.05) is 12.1 Å². The number of hydrogen-bond donors (Lipinski definition) is 1. The number of nitrogens with one attached hydrogen (secondary N) is 1. The molecule has 1 saturated heterocycles. The third kappa shape index (κ3) is 4.45. The minimum absolute atomic E-state index is 0.00364. The Bertz CT molecular complexity index is 813. The van der Waals surface area contributed by atoms with Crippen LogP contribution in [0.15, 0.2) is 36.7 Å². The summed E-state index contributed by atoms with van der Waals surface area (Å²) in [5, 5.41) is 11.1. The monoisotopic (exact) mass is 371 g/mol. The van der Waals surface area contributed by atoms with Gasteiger partial charge in [0, 0.05) is 12.6 Å². The number of carbonyl (C=O) groups excluding carboxylic acids is 2. The number of hydrogen-bond acceptors (Lipinski definition) is 5. The third-order valence-electron chi connectivity index (χ3n) is 4.33. The van der Waals surface area contributed by atoms with Crippen molar-refractivity contribution in [2.45, 2.75) is 51.8 Å². The molecule has 27 heavy (non-hydrogen) atoms. The molecule has 0 saturated carbocycles. The lowest BCUT2D eigenvalue weighted by molar-refractivity contribution is 0.0502. The summed E-state index contributed by atoms with van der Waals surface area (Å²) in [6.45, 7) is 7.86. The molecule has 2 atom stereocenters. The number of para-hydroxylation sites is 1. The van der Waals surface area contributed by atoms with E-state index in [-0.39, 0.29) is 18.0 Å². The van der Waals surface area contributed by atoms with Gasteiger partial charge in [0.1, 0.15) is 5.60 Å². The summed E-state index contributed by atoms with van der Waals surface area (Å²) >= 11 is 0. The quantitative estimate of drug-likeness (QED) is 0.895. The first-order valence-electron chi connectivity index (χ1n) is 9.01. The highest BCUT2D eigenvalue weighted by atomic mass is 16.6. The van der Waals surface area contributed by atoms with Gasteiger partial charge in [0.15, 0.2) is 0 Å². The van der Waals surface area contributed by atoms with E-state index >= 15 is 0 Å². The number of carbonyl (C=O) groups is 2. The predicted octanol–water partition coefficient (Wildman–Crippen LogP) is 2.40. The van der Waals surface area contributed by atoms with Crippen LogP contribution < -0.4 is 5.32 Å². The molecule has 2 heterocycles. The van der Waals surface area contributed by atoms with Gasteiger partial charge in [-0.25, -0.2) is 4.79 Å². The van der Waals surface area contributed by atoms with Crippen LogP contribution in [0.5, 0.6) is 0 Å². The van der Waals surface area contributed by atoms with Crippen molar-refractivity contribution in [2.24, 2.45) is 0 Å². The first-order chi connectivity index (χ1) is 12.7. The Hall–Kier alpha value is -2.90. The molecule has 8 heteroatoms. The van der Waals surface area contributed by atoms with Crippen LogP contribution in [0.1, 0.15) is 44.5 Å². The van der Waals surface area contributed by atoms with E-state index in [0.29, 0.717) is 24.2 Å². The zero-order valence-electron chi connectivity index (χ0n) is 16.0. The smallest absolute Gasteiger partial charge is 0.407 e. The average molecular weight is 371 g/mol. The Labute approximate surface area is 158 Å². The molecule has 0 spiro atoms. The predicted molar refractivity (Wildman–Crippen MR) is 99.6 cm³/mol. The van der Waals surface area contributed by atoms with Gasteiger partial charge in [-0.05, 0) is 46.2 Å². The lowest BCUT2D eigenvalue weighted by Crippen LogP contribution is -2.41. The highest BCUT2D eigenvalue weighted by Crippen LogP contribution is 2.23. The molecule has 1 aliphatic heterocycles. The van der Waals surface area contributed by atoms with Gasteiger partial charge in [-0.15, -0.1) is 0 Å². The van der Waals surface area contributed by atoms with Crippen molar-refractivity contribution in [3.8, 4) is 5.69 Å². The highest BCUT2D eigenvalue weighted by molar-refractivity contribution is 5.98. The van der Waals surface area contributed by atoms with E-state index in [0.717, 1.165) is 0 Å². The van der Waals surface area contributed by atoms with Gasteiger partial charge in [0.2, 0.25) is 0 Å². The van der Waals surface area contributed by atoms with E-state index in [1.54, 1.807) is 23.4 Å². The Morgan fingerprint density at radius 1 is 1.19 bits per heavy atom. The normalized spacial score (nSPS) is 19.8. The number of nitrogens with zero attached hydrogens (tertiary/aromatic N) is 4. The summed E-state index contributed by atoms with van der Waals surface area (Å²) in [7, 11) is 0. The molecule has 1 N–H and O–H groups in total. The zero-order chi connectivity index (χ0) is 19.6. The number of likely N-dealkylation sites (tertiary alicyclic amines) is 1. The van der Waals surface area contributed by atoms with E-state index < -0.39 is 11.7 Å². The Kier molecular flexibility index (Phi) is 5.16. The van der Waals surface area contributed by atoms with Gasteiger partial charge in [0.25, 0.3) is 5.91 Å². The molecule has 0 unspecified atom stereocenters. The van der Waals surface area contributed by atoms with Gasteiger partial charge in [-0.2, -0.15) is 15.0 Å². The topological polar surface area (TPSA) is 89.4 Å². The van der Waals surface area contributed by atoms with Crippen LogP contribution in [0, 0.1) is 0 Å². The number of alkyl carbamates (subject to hydrolysis) is 1. The van der Waals surface area contributed by atoms with Crippen LogP contribution in [0.4, 0.5) is 4.79 Å². The summed E-state index contributed by atoms with van der Waals surface area (Å²) in [6, 6.07) is 7.09. The van der Waals surface area contributed by atoms with Gasteiger partial charge < -0.3 is 15.0 Å². The standard InChI is InChI=1S/C19H25N5O3/c1-13-11-14(22-18(26)27-19(2,3)4)12-23(13)17(25)15-7-5-6-8-16(15)24-20-9-10-21-24/h5-10,13-14H,11-12H2,1-4H3,(H,22,26)/t13-,14-/m1/s1. The maximum absolute atomic E-state index is 13.1. The van der Waals surface area contributed by atoms with Crippen LogP contribution in [-0.4, -0.2) is 56.1 Å². The van der Waals surface area contributed by atoms with E-state index in [9.17, 15) is 9.59 Å². The summed E-state index contributed by atoms with van der Waals surface area (Å²) < 4.78 is 5.31. The van der Waals surface area contributed by atoms with Crippen molar-refractivity contribution in [1.29, 1.82) is 0 Å². The molecule has 144 valence electrons. The molecule has 1 aromatic heterocycles. The number of ether oxygens (including phenoxy) is 1. The van der Waals surface area contributed by atoms with Crippen LogP contribution in [-0.2, 0) is 4.74 Å². The van der Waals surface area contributed by atoms with Crippen molar-refractivity contribution in [3.63, 3.8) is 0 Å². The molecule has 1 aromatic carbocycles. The largest absolute Gasteiger partial charge is 0.444 e.